The summed E-state index contributed by atoms with van der Waals surface area (Å²) in [4.78, 5) is 4.10. The van der Waals surface area contributed by atoms with Crippen LogP contribution in [-0.4, -0.2) is 20.8 Å². The number of hydrogen-bond donors (Lipinski definition) is 1. The molecule has 0 spiro atoms. The van der Waals surface area contributed by atoms with Gasteiger partial charge in [-0.15, -0.1) is 0 Å². The van der Waals surface area contributed by atoms with Crippen molar-refractivity contribution in [2.24, 2.45) is 5.73 Å². The summed E-state index contributed by atoms with van der Waals surface area (Å²) in [6.07, 6.45) is 2.03. The zero-order valence-electron chi connectivity index (χ0n) is 11.7. The zero-order valence-corrected chi connectivity index (χ0v) is 11.7. The van der Waals surface area contributed by atoms with Gasteiger partial charge in [-0.1, -0.05) is 12.1 Å². The molecule has 0 aliphatic carbocycles. The molecule has 1 aromatic carbocycles. The fraction of sp³-hybridized carbons (Fsp3) is 0.429. The van der Waals surface area contributed by atoms with Crippen LogP contribution in [0.3, 0.4) is 0 Å². The highest BCUT2D eigenvalue weighted by Crippen LogP contribution is 2.24. The highest BCUT2D eigenvalue weighted by atomic mass is 19.1. The molecule has 6 heteroatoms. The van der Waals surface area contributed by atoms with Crippen LogP contribution in [-0.2, 0) is 19.6 Å². The fourth-order valence-electron chi connectivity index (χ4n) is 2.02. The third-order valence-electron chi connectivity index (χ3n) is 2.93. The largest absolute Gasteiger partial charge is 0.482 e. The molecule has 0 saturated heterocycles. The van der Waals surface area contributed by atoms with E-state index in [4.69, 9.17) is 10.5 Å². The predicted octanol–water partition coefficient (Wildman–Crippen LogP) is 1.91. The lowest BCUT2D eigenvalue weighted by Gasteiger charge is -2.13. The Balaban J connectivity index is 2.16. The molecular formula is C14H19FN4O. The summed E-state index contributed by atoms with van der Waals surface area (Å²) in [5.41, 5.74) is 6.54. The van der Waals surface area contributed by atoms with Gasteiger partial charge in [0.05, 0.1) is 0 Å². The van der Waals surface area contributed by atoms with Crippen molar-refractivity contribution in [2.75, 3.05) is 0 Å². The molecule has 0 fully saturated rings. The lowest BCUT2D eigenvalue weighted by Crippen LogP contribution is -2.18. The zero-order chi connectivity index (χ0) is 14.5. The Morgan fingerprint density at radius 2 is 2.25 bits per heavy atom. The average molecular weight is 278 g/mol. The maximum atomic E-state index is 13.9. The second-order valence-corrected chi connectivity index (χ2v) is 4.69. The molecule has 1 heterocycles. The molecule has 108 valence electrons. The van der Waals surface area contributed by atoms with Crippen LogP contribution in [0.4, 0.5) is 4.39 Å². The molecule has 2 rings (SSSR count). The van der Waals surface area contributed by atoms with Crippen LogP contribution in [0.5, 0.6) is 5.75 Å². The summed E-state index contributed by atoms with van der Waals surface area (Å²) in [7, 11) is 0. The van der Waals surface area contributed by atoms with Gasteiger partial charge in [-0.2, -0.15) is 5.10 Å². The fourth-order valence-corrected chi connectivity index (χ4v) is 2.02. The Labute approximate surface area is 117 Å². The normalized spacial score (nSPS) is 12.4. The van der Waals surface area contributed by atoms with Crippen molar-refractivity contribution >= 4 is 0 Å². The number of nitrogens with zero attached hydrogens (tertiary/aromatic N) is 3. The molecule has 0 saturated carbocycles. The minimum atomic E-state index is -0.384. The molecule has 0 aliphatic rings. The SMILES string of the molecule is CCn1ncnc1COc1c(F)cccc1CC(C)N. The third kappa shape index (κ3) is 3.33. The van der Waals surface area contributed by atoms with Crippen molar-refractivity contribution < 1.29 is 9.13 Å². The van der Waals surface area contributed by atoms with Crippen molar-refractivity contribution in [3.63, 3.8) is 0 Å². The average Bonchev–Trinajstić information content (AvgIpc) is 2.85. The molecule has 0 amide bonds. The van der Waals surface area contributed by atoms with E-state index in [0.717, 1.165) is 5.56 Å². The summed E-state index contributed by atoms with van der Waals surface area (Å²) in [5.74, 6) is 0.531. The summed E-state index contributed by atoms with van der Waals surface area (Å²) in [5, 5.41) is 4.05. The topological polar surface area (TPSA) is 66.0 Å². The Morgan fingerprint density at radius 3 is 2.95 bits per heavy atom. The summed E-state index contributed by atoms with van der Waals surface area (Å²) < 4.78 is 21.2. The Kier molecular flexibility index (Phi) is 4.68. The second kappa shape index (κ2) is 6.47. The minimum absolute atomic E-state index is 0.0570. The van der Waals surface area contributed by atoms with Crippen LogP contribution in [0.25, 0.3) is 0 Å². The molecule has 1 aromatic heterocycles. The van der Waals surface area contributed by atoms with E-state index in [1.54, 1.807) is 10.7 Å². The minimum Gasteiger partial charge on any atom is -0.482 e. The van der Waals surface area contributed by atoms with E-state index in [9.17, 15) is 4.39 Å². The van der Waals surface area contributed by atoms with Gasteiger partial charge in [0, 0.05) is 12.6 Å². The van der Waals surface area contributed by atoms with E-state index < -0.39 is 0 Å². The van der Waals surface area contributed by atoms with E-state index >= 15 is 0 Å². The molecule has 20 heavy (non-hydrogen) atoms. The molecule has 5 nitrogen and oxygen atoms in total. The van der Waals surface area contributed by atoms with Crippen molar-refractivity contribution in [3.8, 4) is 5.75 Å². The predicted molar refractivity (Wildman–Crippen MR) is 73.8 cm³/mol. The lowest BCUT2D eigenvalue weighted by molar-refractivity contribution is 0.270. The summed E-state index contributed by atoms with van der Waals surface area (Å²) in [6, 6.07) is 4.81. The van der Waals surface area contributed by atoms with Gasteiger partial charge in [0.25, 0.3) is 0 Å². The number of rotatable bonds is 6. The highest BCUT2D eigenvalue weighted by molar-refractivity contribution is 5.35. The molecule has 0 aliphatic heterocycles. The monoisotopic (exact) mass is 278 g/mol. The second-order valence-electron chi connectivity index (χ2n) is 4.69. The Bertz CT molecular complexity index is 568. The molecule has 2 N–H and O–H groups in total. The van der Waals surface area contributed by atoms with Crippen LogP contribution in [0.1, 0.15) is 25.2 Å². The third-order valence-corrected chi connectivity index (χ3v) is 2.93. The van der Waals surface area contributed by atoms with Crippen molar-refractivity contribution in [2.45, 2.75) is 39.5 Å². The van der Waals surface area contributed by atoms with Crippen molar-refractivity contribution in [1.29, 1.82) is 0 Å². The smallest absolute Gasteiger partial charge is 0.165 e. The first-order chi connectivity index (χ1) is 9.61. The van der Waals surface area contributed by atoms with Crippen LogP contribution < -0.4 is 10.5 Å². The summed E-state index contributed by atoms with van der Waals surface area (Å²) in [6.45, 7) is 4.72. The van der Waals surface area contributed by atoms with E-state index in [1.165, 1.54) is 12.4 Å². The van der Waals surface area contributed by atoms with Gasteiger partial charge < -0.3 is 10.5 Å². The van der Waals surface area contributed by atoms with Gasteiger partial charge in [-0.05, 0) is 31.9 Å². The lowest BCUT2D eigenvalue weighted by atomic mass is 10.1. The van der Waals surface area contributed by atoms with Crippen LogP contribution >= 0.6 is 0 Å². The first-order valence-corrected chi connectivity index (χ1v) is 6.64. The highest BCUT2D eigenvalue weighted by Gasteiger charge is 2.13. The standard InChI is InChI=1S/C14H19FN4O/c1-3-19-13(17-9-18-19)8-20-14-11(7-10(2)16)5-4-6-12(14)15/h4-6,9-10H,3,7-8,16H2,1-2H3. The molecule has 0 radical (unpaired) electrons. The Morgan fingerprint density at radius 1 is 1.45 bits per heavy atom. The number of hydrogen-bond acceptors (Lipinski definition) is 4. The first kappa shape index (κ1) is 14.5. The number of ether oxygens (including phenoxy) is 1. The Hall–Kier alpha value is -1.95. The van der Waals surface area contributed by atoms with Crippen molar-refractivity contribution in [3.05, 3.63) is 41.7 Å². The van der Waals surface area contributed by atoms with Gasteiger partial charge in [0.1, 0.15) is 12.9 Å². The number of aromatic nitrogens is 3. The maximum Gasteiger partial charge on any atom is 0.165 e. The molecule has 1 atom stereocenters. The van der Waals surface area contributed by atoms with Gasteiger partial charge in [-0.25, -0.2) is 14.1 Å². The molecule has 0 bridgehead atoms. The van der Waals surface area contributed by atoms with Crippen LogP contribution in [0, 0.1) is 5.82 Å². The van der Waals surface area contributed by atoms with E-state index in [2.05, 4.69) is 10.1 Å². The number of aryl methyl sites for hydroxylation is 1. The van der Waals surface area contributed by atoms with Gasteiger partial charge in [0.2, 0.25) is 0 Å². The van der Waals surface area contributed by atoms with E-state index in [-0.39, 0.29) is 24.2 Å². The number of halogens is 1. The van der Waals surface area contributed by atoms with Crippen LogP contribution in [0.2, 0.25) is 0 Å². The quantitative estimate of drug-likeness (QED) is 0.876. The van der Waals surface area contributed by atoms with E-state index in [1.807, 2.05) is 19.9 Å². The van der Waals surface area contributed by atoms with Gasteiger partial charge in [-0.3, -0.25) is 0 Å². The first-order valence-electron chi connectivity index (χ1n) is 6.64. The van der Waals surface area contributed by atoms with Crippen LogP contribution in [0.15, 0.2) is 24.5 Å². The molecular weight excluding hydrogens is 259 g/mol. The number of nitrogens with two attached hydrogens (primary N) is 1. The number of para-hydroxylation sites is 1. The van der Waals surface area contributed by atoms with Gasteiger partial charge >= 0.3 is 0 Å². The number of benzene rings is 1. The molecule has 2 aromatic rings. The van der Waals surface area contributed by atoms with Crippen molar-refractivity contribution in [1.82, 2.24) is 14.8 Å². The van der Waals surface area contributed by atoms with E-state index in [0.29, 0.717) is 18.8 Å². The summed E-state index contributed by atoms with van der Waals surface area (Å²) >= 11 is 0. The van der Waals surface area contributed by atoms with Gasteiger partial charge in [0.15, 0.2) is 17.4 Å². The molecule has 1 unspecified atom stereocenters. The maximum absolute atomic E-state index is 13.9.